The fourth-order valence-corrected chi connectivity index (χ4v) is 4.06. The van der Waals surface area contributed by atoms with E-state index in [0.29, 0.717) is 11.3 Å². The van der Waals surface area contributed by atoms with Gasteiger partial charge in [0.2, 0.25) is 0 Å². The van der Waals surface area contributed by atoms with E-state index in [-0.39, 0.29) is 23.7 Å². The number of hydrogen-bond acceptors (Lipinski definition) is 2. The Morgan fingerprint density at radius 2 is 1.75 bits per heavy atom. The zero-order valence-electron chi connectivity index (χ0n) is 12.9. The number of phenolic OH excluding ortho intramolecular Hbond substituents is 1. The van der Waals surface area contributed by atoms with Gasteiger partial charge in [-0.2, -0.15) is 13.2 Å². The van der Waals surface area contributed by atoms with Gasteiger partial charge in [-0.15, -0.1) is 0 Å². The van der Waals surface area contributed by atoms with Crippen LogP contribution in [0, 0.1) is 5.92 Å². The molecule has 4 rings (SSSR count). The lowest BCUT2D eigenvalue weighted by Gasteiger charge is -2.36. The van der Waals surface area contributed by atoms with Gasteiger partial charge in [0.1, 0.15) is 17.6 Å². The third-order valence-electron chi connectivity index (χ3n) is 5.17. The van der Waals surface area contributed by atoms with Crippen molar-refractivity contribution >= 4 is 0 Å². The summed E-state index contributed by atoms with van der Waals surface area (Å²) >= 11 is 0. The Hall–Kier alpha value is -2.17. The molecule has 0 radical (unpaired) electrons. The van der Waals surface area contributed by atoms with Crippen LogP contribution in [-0.4, -0.2) is 5.11 Å². The van der Waals surface area contributed by atoms with Crippen molar-refractivity contribution in [1.82, 2.24) is 0 Å². The number of aromatic hydroxyl groups is 1. The van der Waals surface area contributed by atoms with Crippen molar-refractivity contribution in [1.29, 1.82) is 0 Å². The summed E-state index contributed by atoms with van der Waals surface area (Å²) in [5.41, 5.74) is 1.02. The van der Waals surface area contributed by atoms with E-state index >= 15 is 0 Å². The van der Waals surface area contributed by atoms with Crippen LogP contribution in [0.15, 0.2) is 42.5 Å². The quantitative estimate of drug-likeness (QED) is 0.754. The van der Waals surface area contributed by atoms with E-state index in [1.54, 1.807) is 12.1 Å². The van der Waals surface area contributed by atoms with Crippen molar-refractivity contribution in [2.24, 2.45) is 5.92 Å². The van der Waals surface area contributed by atoms with Crippen LogP contribution in [0.5, 0.6) is 11.5 Å². The maximum atomic E-state index is 13.0. The second-order valence-electron chi connectivity index (χ2n) is 6.58. The number of phenols is 1. The number of alkyl halides is 3. The highest BCUT2D eigenvalue weighted by atomic mass is 19.4. The largest absolute Gasteiger partial charge is 0.508 e. The lowest BCUT2D eigenvalue weighted by molar-refractivity contribution is -0.137. The predicted molar refractivity (Wildman–Crippen MR) is 83.0 cm³/mol. The molecular formula is C19H17F3O2. The molecule has 1 aliphatic carbocycles. The molecule has 2 nitrogen and oxygen atoms in total. The Balaban J connectivity index is 1.75. The molecule has 3 atom stereocenters. The van der Waals surface area contributed by atoms with Gasteiger partial charge in [-0.1, -0.05) is 18.6 Å². The van der Waals surface area contributed by atoms with E-state index in [2.05, 4.69) is 0 Å². The van der Waals surface area contributed by atoms with Crippen LogP contribution in [0.2, 0.25) is 0 Å². The van der Waals surface area contributed by atoms with Crippen LogP contribution in [0.25, 0.3) is 0 Å². The first-order valence-electron chi connectivity index (χ1n) is 8.10. The summed E-state index contributed by atoms with van der Waals surface area (Å²) in [5, 5.41) is 9.46. The van der Waals surface area contributed by atoms with Crippen LogP contribution in [0.1, 0.15) is 48.0 Å². The molecule has 2 aromatic carbocycles. The Labute approximate surface area is 137 Å². The molecule has 2 aromatic rings. The number of hydrogen-bond donors (Lipinski definition) is 1. The minimum atomic E-state index is -4.34. The van der Waals surface area contributed by atoms with Gasteiger partial charge in [-0.3, -0.25) is 0 Å². The standard InChI is InChI=1S/C19H17F3O2/c20-19(21,22)12-6-9-17-16(10-12)14-2-1-3-15(14)18(24-17)11-4-7-13(23)8-5-11/h4-10,14-15,18,23H,1-3H2. The van der Waals surface area contributed by atoms with Gasteiger partial charge in [0.25, 0.3) is 0 Å². The van der Waals surface area contributed by atoms with Crippen molar-refractivity contribution < 1.29 is 23.0 Å². The summed E-state index contributed by atoms with van der Waals surface area (Å²) in [6, 6.07) is 10.7. The highest BCUT2D eigenvalue weighted by molar-refractivity contribution is 5.45. The first-order valence-corrected chi connectivity index (χ1v) is 8.10. The molecule has 1 heterocycles. The maximum Gasteiger partial charge on any atom is 0.416 e. The number of rotatable bonds is 1. The van der Waals surface area contributed by atoms with Crippen molar-refractivity contribution in [3.63, 3.8) is 0 Å². The summed E-state index contributed by atoms with van der Waals surface area (Å²) in [6.45, 7) is 0. The van der Waals surface area contributed by atoms with Gasteiger partial charge in [-0.05, 0) is 60.2 Å². The lowest BCUT2D eigenvalue weighted by Crippen LogP contribution is -2.27. The molecular weight excluding hydrogens is 317 g/mol. The molecule has 0 saturated heterocycles. The minimum Gasteiger partial charge on any atom is -0.508 e. The summed E-state index contributed by atoms with van der Waals surface area (Å²) in [4.78, 5) is 0. The molecule has 0 amide bonds. The fourth-order valence-electron chi connectivity index (χ4n) is 4.06. The van der Waals surface area contributed by atoms with Crippen LogP contribution in [0.4, 0.5) is 13.2 Å². The third kappa shape index (κ3) is 2.52. The minimum absolute atomic E-state index is 0.0925. The predicted octanol–water partition coefficient (Wildman–Crippen LogP) is 5.43. The van der Waals surface area contributed by atoms with Crippen LogP contribution < -0.4 is 4.74 Å². The van der Waals surface area contributed by atoms with Crippen molar-refractivity contribution in [3.05, 3.63) is 59.2 Å². The maximum absolute atomic E-state index is 13.0. The third-order valence-corrected chi connectivity index (χ3v) is 5.17. The van der Waals surface area contributed by atoms with Crippen molar-refractivity contribution in [2.45, 2.75) is 37.5 Å². The fraction of sp³-hybridized carbons (Fsp3) is 0.368. The molecule has 0 bridgehead atoms. The van der Waals surface area contributed by atoms with Gasteiger partial charge in [-0.25, -0.2) is 0 Å². The van der Waals surface area contributed by atoms with Crippen LogP contribution in [-0.2, 0) is 6.18 Å². The van der Waals surface area contributed by atoms with E-state index in [1.165, 1.54) is 12.1 Å². The molecule has 1 fully saturated rings. The number of benzene rings is 2. The zero-order chi connectivity index (χ0) is 16.9. The van der Waals surface area contributed by atoms with Gasteiger partial charge in [0.05, 0.1) is 5.56 Å². The molecule has 24 heavy (non-hydrogen) atoms. The molecule has 126 valence electrons. The molecule has 2 aliphatic rings. The summed E-state index contributed by atoms with van der Waals surface area (Å²) in [5.74, 6) is 0.998. The first kappa shape index (κ1) is 15.4. The topological polar surface area (TPSA) is 29.5 Å². The molecule has 1 saturated carbocycles. The number of halogens is 3. The van der Waals surface area contributed by atoms with Gasteiger partial charge >= 0.3 is 6.18 Å². The lowest BCUT2D eigenvalue weighted by atomic mass is 9.79. The Kier molecular flexibility index (Phi) is 3.48. The van der Waals surface area contributed by atoms with Crippen LogP contribution in [0.3, 0.4) is 0 Å². The zero-order valence-corrected chi connectivity index (χ0v) is 12.9. The van der Waals surface area contributed by atoms with Crippen molar-refractivity contribution in [3.8, 4) is 11.5 Å². The molecule has 0 spiro atoms. The Bertz CT molecular complexity index is 752. The summed E-state index contributed by atoms with van der Waals surface area (Å²) in [6.07, 6.45) is -1.70. The second kappa shape index (κ2) is 5.43. The van der Waals surface area contributed by atoms with E-state index in [9.17, 15) is 18.3 Å². The molecule has 5 heteroatoms. The van der Waals surface area contributed by atoms with E-state index in [0.717, 1.165) is 30.9 Å². The Morgan fingerprint density at radius 3 is 2.46 bits per heavy atom. The molecule has 1 aliphatic heterocycles. The van der Waals surface area contributed by atoms with Crippen molar-refractivity contribution in [2.75, 3.05) is 0 Å². The van der Waals surface area contributed by atoms with Gasteiger partial charge in [0, 0.05) is 5.92 Å². The average molecular weight is 334 g/mol. The van der Waals surface area contributed by atoms with Gasteiger partial charge in [0.15, 0.2) is 0 Å². The van der Waals surface area contributed by atoms with E-state index in [1.807, 2.05) is 12.1 Å². The smallest absolute Gasteiger partial charge is 0.416 e. The monoisotopic (exact) mass is 334 g/mol. The van der Waals surface area contributed by atoms with Crippen LogP contribution >= 0.6 is 0 Å². The first-order chi connectivity index (χ1) is 11.4. The highest BCUT2D eigenvalue weighted by Gasteiger charge is 2.43. The second-order valence-corrected chi connectivity index (χ2v) is 6.58. The molecule has 0 aromatic heterocycles. The van der Waals surface area contributed by atoms with E-state index in [4.69, 9.17) is 4.74 Å². The normalized spacial score (nSPS) is 25.7. The SMILES string of the molecule is Oc1ccc(C2Oc3ccc(C(F)(F)F)cc3C3CCCC32)cc1. The summed E-state index contributed by atoms with van der Waals surface area (Å²) < 4.78 is 45.1. The van der Waals surface area contributed by atoms with Gasteiger partial charge < -0.3 is 9.84 Å². The average Bonchev–Trinajstić information content (AvgIpc) is 3.03. The summed E-state index contributed by atoms with van der Waals surface area (Å²) in [7, 11) is 0. The Morgan fingerprint density at radius 1 is 1.00 bits per heavy atom. The number of ether oxygens (including phenoxy) is 1. The van der Waals surface area contributed by atoms with E-state index < -0.39 is 11.7 Å². The molecule has 1 N–H and O–H groups in total. The number of fused-ring (bicyclic) bond motifs is 3. The molecule has 3 unspecified atom stereocenters. The highest BCUT2D eigenvalue weighted by Crippen LogP contribution is 2.54.